The van der Waals surface area contributed by atoms with Gasteiger partial charge in [0.1, 0.15) is 19.0 Å². The summed E-state index contributed by atoms with van der Waals surface area (Å²) in [6.07, 6.45) is -1.40. The molecule has 24 heavy (non-hydrogen) atoms. The van der Waals surface area contributed by atoms with E-state index in [-0.39, 0.29) is 12.7 Å². The zero-order valence-corrected chi connectivity index (χ0v) is 13.7. The molecule has 1 unspecified atom stereocenters. The van der Waals surface area contributed by atoms with Gasteiger partial charge in [0, 0.05) is 5.69 Å². The SMILES string of the molecule is Cc1c(NC(=O)O)ccc(OCC2COc3ccccc3O2)c1Cl. The van der Waals surface area contributed by atoms with Gasteiger partial charge in [-0.25, -0.2) is 4.79 Å². The molecule has 1 atom stereocenters. The average Bonchev–Trinajstić information content (AvgIpc) is 2.58. The zero-order valence-electron chi connectivity index (χ0n) is 12.9. The van der Waals surface area contributed by atoms with E-state index in [1.807, 2.05) is 24.3 Å². The minimum atomic E-state index is -1.14. The van der Waals surface area contributed by atoms with E-state index >= 15 is 0 Å². The third-order valence-corrected chi connectivity index (χ3v) is 4.05. The smallest absolute Gasteiger partial charge is 0.409 e. The van der Waals surface area contributed by atoms with Crippen LogP contribution in [0.4, 0.5) is 10.5 Å². The molecule has 1 aliphatic rings. The lowest BCUT2D eigenvalue weighted by Gasteiger charge is -2.26. The van der Waals surface area contributed by atoms with Crippen molar-refractivity contribution in [2.45, 2.75) is 13.0 Å². The summed E-state index contributed by atoms with van der Waals surface area (Å²) in [4.78, 5) is 10.7. The molecule has 1 aliphatic heterocycles. The normalized spacial score (nSPS) is 15.7. The minimum absolute atomic E-state index is 0.256. The van der Waals surface area contributed by atoms with E-state index in [0.717, 1.165) is 0 Å². The number of rotatable bonds is 4. The maximum Gasteiger partial charge on any atom is 0.409 e. The van der Waals surface area contributed by atoms with Gasteiger partial charge in [-0.05, 0) is 36.8 Å². The van der Waals surface area contributed by atoms with Gasteiger partial charge in [0.25, 0.3) is 0 Å². The fourth-order valence-corrected chi connectivity index (χ4v) is 2.57. The Kier molecular flexibility index (Phi) is 4.66. The second-order valence-corrected chi connectivity index (χ2v) is 5.67. The minimum Gasteiger partial charge on any atom is -0.488 e. The lowest BCUT2D eigenvalue weighted by atomic mass is 10.2. The molecule has 0 aliphatic carbocycles. The molecule has 2 aromatic carbocycles. The van der Waals surface area contributed by atoms with Gasteiger partial charge in [0.05, 0.1) is 5.02 Å². The molecule has 2 aromatic rings. The Bertz CT molecular complexity index is 765. The number of anilines is 1. The van der Waals surface area contributed by atoms with Crippen molar-refractivity contribution < 1.29 is 24.1 Å². The molecule has 2 N–H and O–H groups in total. The van der Waals surface area contributed by atoms with Crippen molar-refractivity contribution in [1.82, 2.24) is 0 Å². The van der Waals surface area contributed by atoms with Crippen LogP contribution in [0.3, 0.4) is 0 Å². The van der Waals surface area contributed by atoms with Crippen molar-refractivity contribution in [2.75, 3.05) is 18.5 Å². The molecule has 6 nitrogen and oxygen atoms in total. The molecular weight excluding hydrogens is 334 g/mol. The number of carboxylic acid groups (broad SMARTS) is 1. The van der Waals surface area contributed by atoms with Gasteiger partial charge >= 0.3 is 6.09 Å². The lowest BCUT2D eigenvalue weighted by molar-refractivity contribution is 0.0536. The van der Waals surface area contributed by atoms with Crippen LogP contribution >= 0.6 is 11.6 Å². The molecule has 0 saturated heterocycles. The number of fused-ring (bicyclic) bond motifs is 1. The van der Waals surface area contributed by atoms with Gasteiger partial charge in [-0.3, -0.25) is 5.32 Å². The molecule has 0 bridgehead atoms. The summed E-state index contributed by atoms with van der Waals surface area (Å²) in [6, 6.07) is 10.7. The standard InChI is InChI=1S/C17H16ClNO5/c1-10-12(19-17(20)21)6-7-15(16(10)18)23-9-11-8-22-13-4-2-3-5-14(13)24-11/h2-7,11,19H,8-9H2,1H3,(H,20,21). The van der Waals surface area contributed by atoms with Crippen LogP contribution in [0.15, 0.2) is 36.4 Å². The fraction of sp³-hybridized carbons (Fsp3) is 0.235. The van der Waals surface area contributed by atoms with E-state index in [1.165, 1.54) is 0 Å². The van der Waals surface area contributed by atoms with Gasteiger partial charge in [-0.1, -0.05) is 23.7 Å². The molecule has 0 aromatic heterocycles. The monoisotopic (exact) mass is 349 g/mol. The molecule has 0 fully saturated rings. The third kappa shape index (κ3) is 3.49. The maximum atomic E-state index is 10.7. The number of benzene rings is 2. The first kappa shape index (κ1) is 16.3. The van der Waals surface area contributed by atoms with Crippen LogP contribution in [0, 0.1) is 6.92 Å². The average molecular weight is 350 g/mol. The Hall–Kier alpha value is -2.60. The molecular formula is C17H16ClNO5. The second kappa shape index (κ2) is 6.88. The summed E-state index contributed by atoms with van der Waals surface area (Å²) >= 11 is 6.25. The molecule has 0 saturated carbocycles. The first-order valence-corrected chi connectivity index (χ1v) is 7.72. The zero-order chi connectivity index (χ0) is 17.1. The number of hydrogen-bond donors (Lipinski definition) is 2. The maximum absolute atomic E-state index is 10.7. The molecule has 7 heteroatoms. The molecule has 3 rings (SSSR count). The summed E-state index contributed by atoms with van der Waals surface area (Å²) in [5, 5.41) is 11.4. The Balaban J connectivity index is 1.65. The van der Waals surface area contributed by atoms with E-state index in [9.17, 15) is 4.79 Å². The second-order valence-electron chi connectivity index (χ2n) is 5.29. The first-order chi connectivity index (χ1) is 11.5. The van der Waals surface area contributed by atoms with Crippen molar-refractivity contribution in [1.29, 1.82) is 0 Å². The third-order valence-electron chi connectivity index (χ3n) is 3.58. The van der Waals surface area contributed by atoms with Crippen LogP contribution < -0.4 is 19.5 Å². The van der Waals surface area contributed by atoms with Crippen LogP contribution in [0.25, 0.3) is 0 Å². The number of hydrogen-bond acceptors (Lipinski definition) is 4. The first-order valence-electron chi connectivity index (χ1n) is 7.35. The summed E-state index contributed by atoms with van der Waals surface area (Å²) in [5.41, 5.74) is 1.02. The predicted octanol–water partition coefficient (Wildman–Crippen LogP) is 3.96. The summed E-state index contributed by atoms with van der Waals surface area (Å²) in [7, 11) is 0. The number of carbonyl (C=O) groups is 1. The van der Waals surface area contributed by atoms with Crippen LogP contribution in [0.2, 0.25) is 5.02 Å². The van der Waals surface area contributed by atoms with Gasteiger partial charge in [0.2, 0.25) is 0 Å². The van der Waals surface area contributed by atoms with E-state index in [4.69, 9.17) is 30.9 Å². The Labute approximate surface area is 143 Å². The van der Waals surface area contributed by atoms with Crippen LogP contribution in [0.1, 0.15) is 5.56 Å². The Morgan fingerprint density at radius 3 is 2.83 bits per heavy atom. The number of nitrogens with one attached hydrogen (secondary N) is 1. The van der Waals surface area contributed by atoms with Crippen molar-refractivity contribution in [2.24, 2.45) is 0 Å². The molecule has 1 amide bonds. The lowest BCUT2D eigenvalue weighted by Crippen LogP contribution is -2.34. The molecule has 1 heterocycles. The highest BCUT2D eigenvalue weighted by atomic mass is 35.5. The van der Waals surface area contributed by atoms with E-state index in [2.05, 4.69) is 5.32 Å². The number of para-hydroxylation sites is 2. The Morgan fingerprint density at radius 1 is 1.33 bits per heavy atom. The summed E-state index contributed by atoms with van der Waals surface area (Å²) in [6.45, 7) is 2.36. The highest BCUT2D eigenvalue weighted by molar-refractivity contribution is 6.33. The fourth-order valence-electron chi connectivity index (χ4n) is 2.35. The number of ether oxygens (including phenoxy) is 3. The van der Waals surface area contributed by atoms with Crippen molar-refractivity contribution >= 4 is 23.4 Å². The van der Waals surface area contributed by atoms with Crippen molar-refractivity contribution in [3.8, 4) is 17.2 Å². The highest BCUT2D eigenvalue weighted by Gasteiger charge is 2.22. The topological polar surface area (TPSA) is 77.0 Å². The van der Waals surface area contributed by atoms with E-state index in [1.54, 1.807) is 19.1 Å². The van der Waals surface area contributed by atoms with Crippen LogP contribution in [0.5, 0.6) is 17.2 Å². The van der Waals surface area contributed by atoms with Crippen LogP contribution in [-0.2, 0) is 0 Å². The van der Waals surface area contributed by atoms with Gasteiger partial charge in [-0.2, -0.15) is 0 Å². The van der Waals surface area contributed by atoms with Gasteiger partial charge in [-0.15, -0.1) is 0 Å². The van der Waals surface area contributed by atoms with E-state index < -0.39 is 6.09 Å². The Morgan fingerprint density at radius 2 is 2.08 bits per heavy atom. The summed E-state index contributed by atoms with van der Waals surface area (Å²) < 4.78 is 17.2. The summed E-state index contributed by atoms with van der Waals surface area (Å²) in [5.74, 6) is 1.86. The highest BCUT2D eigenvalue weighted by Crippen LogP contribution is 2.34. The predicted molar refractivity (Wildman–Crippen MR) is 89.7 cm³/mol. The van der Waals surface area contributed by atoms with Crippen molar-refractivity contribution in [3.63, 3.8) is 0 Å². The quantitative estimate of drug-likeness (QED) is 0.873. The number of amides is 1. The van der Waals surface area contributed by atoms with E-state index in [0.29, 0.717) is 40.1 Å². The molecule has 0 spiro atoms. The molecule has 0 radical (unpaired) electrons. The number of halogens is 1. The van der Waals surface area contributed by atoms with Gasteiger partial charge < -0.3 is 19.3 Å². The van der Waals surface area contributed by atoms with Crippen LogP contribution in [-0.4, -0.2) is 30.5 Å². The van der Waals surface area contributed by atoms with Gasteiger partial charge in [0.15, 0.2) is 17.6 Å². The van der Waals surface area contributed by atoms with Crippen molar-refractivity contribution in [3.05, 3.63) is 47.0 Å². The molecule has 126 valence electrons. The largest absolute Gasteiger partial charge is 0.488 e.